The van der Waals surface area contributed by atoms with E-state index in [0.29, 0.717) is 31.4 Å². The van der Waals surface area contributed by atoms with Crippen LogP contribution in [0.15, 0.2) is 18.3 Å². The highest BCUT2D eigenvalue weighted by molar-refractivity contribution is 5.94. The Bertz CT molecular complexity index is 722. The molecule has 2 atom stereocenters. The Morgan fingerprint density at radius 3 is 2.48 bits per heavy atom. The summed E-state index contributed by atoms with van der Waals surface area (Å²) in [5, 5.41) is 20.6. The summed E-state index contributed by atoms with van der Waals surface area (Å²) in [5.74, 6) is 6.86. The van der Waals surface area contributed by atoms with Crippen molar-refractivity contribution in [1.29, 1.82) is 0 Å². The van der Waals surface area contributed by atoms with E-state index in [-0.39, 0.29) is 45.7 Å². The molecule has 1 saturated heterocycles. The molecule has 1 aromatic heterocycles. The standard InChI is InChI=1S/C13H15NO2.C12H23NO2.2CH4/c1-2-3-5-11-7-8-14-12(10-11)13(16)6-4-9-15;1-2-4-10-6-7-13-11(9-10)12(15)5-3-8-14;;/h7-8,10,15H,2,4,6,9H2,1H3;10-11,13-14H,2-9H2,1H3;2*1H4. The van der Waals surface area contributed by atoms with E-state index in [1.807, 2.05) is 6.92 Å². The number of hydrogen-bond acceptors (Lipinski definition) is 6. The third kappa shape index (κ3) is 13.9. The van der Waals surface area contributed by atoms with Gasteiger partial charge < -0.3 is 15.5 Å². The lowest BCUT2D eigenvalue weighted by molar-refractivity contribution is -0.122. The Morgan fingerprint density at radius 2 is 1.85 bits per heavy atom. The number of pyridine rings is 1. The zero-order valence-electron chi connectivity index (χ0n) is 19.0. The zero-order valence-corrected chi connectivity index (χ0v) is 19.0. The fourth-order valence-electron chi connectivity index (χ4n) is 3.56. The van der Waals surface area contributed by atoms with E-state index < -0.39 is 0 Å². The van der Waals surface area contributed by atoms with Crippen LogP contribution in [0, 0.1) is 17.8 Å². The number of ketones is 2. The summed E-state index contributed by atoms with van der Waals surface area (Å²) >= 11 is 0. The smallest absolute Gasteiger partial charge is 0.181 e. The van der Waals surface area contributed by atoms with Crippen LogP contribution in [-0.4, -0.2) is 52.6 Å². The van der Waals surface area contributed by atoms with E-state index >= 15 is 0 Å². The lowest BCUT2D eigenvalue weighted by Crippen LogP contribution is -2.43. The first-order valence-corrected chi connectivity index (χ1v) is 11.5. The van der Waals surface area contributed by atoms with Gasteiger partial charge in [-0.2, -0.15) is 0 Å². The minimum Gasteiger partial charge on any atom is -0.396 e. The number of nitrogens with zero attached hydrogens (tertiary/aromatic N) is 1. The van der Waals surface area contributed by atoms with Crippen molar-refractivity contribution < 1.29 is 19.8 Å². The molecule has 0 radical (unpaired) electrons. The summed E-state index contributed by atoms with van der Waals surface area (Å²) in [5.41, 5.74) is 1.24. The number of hydrogen-bond donors (Lipinski definition) is 3. The van der Waals surface area contributed by atoms with Crippen LogP contribution in [0.5, 0.6) is 0 Å². The fourth-order valence-corrected chi connectivity index (χ4v) is 3.56. The maximum atomic E-state index is 11.7. The van der Waals surface area contributed by atoms with E-state index in [1.165, 1.54) is 19.3 Å². The van der Waals surface area contributed by atoms with Gasteiger partial charge in [-0.05, 0) is 50.3 Å². The highest BCUT2D eigenvalue weighted by Crippen LogP contribution is 2.22. The summed E-state index contributed by atoms with van der Waals surface area (Å²) in [6.45, 7) is 5.30. The van der Waals surface area contributed by atoms with Crippen molar-refractivity contribution in [3.8, 4) is 11.8 Å². The number of rotatable bonds is 10. The van der Waals surface area contributed by atoms with Gasteiger partial charge in [-0.25, -0.2) is 0 Å². The molecule has 0 spiro atoms. The second-order valence-corrected chi connectivity index (χ2v) is 7.81. The Kier molecular flexibility index (Phi) is 20.6. The lowest BCUT2D eigenvalue weighted by Gasteiger charge is -2.29. The lowest BCUT2D eigenvalue weighted by atomic mass is 9.86. The van der Waals surface area contributed by atoms with E-state index in [2.05, 4.69) is 29.1 Å². The first kappa shape index (κ1) is 33.1. The average Bonchev–Trinajstić information content (AvgIpc) is 2.80. The molecule has 6 nitrogen and oxygen atoms in total. The van der Waals surface area contributed by atoms with Crippen LogP contribution in [0.25, 0.3) is 0 Å². The summed E-state index contributed by atoms with van der Waals surface area (Å²) in [4.78, 5) is 27.3. The van der Waals surface area contributed by atoms with Crippen LogP contribution < -0.4 is 5.32 Å². The number of piperidine rings is 1. The predicted molar refractivity (Wildman–Crippen MR) is 136 cm³/mol. The third-order valence-electron chi connectivity index (χ3n) is 5.20. The van der Waals surface area contributed by atoms with Crippen molar-refractivity contribution in [2.75, 3.05) is 19.8 Å². The van der Waals surface area contributed by atoms with Crippen LogP contribution in [0.3, 0.4) is 0 Å². The maximum absolute atomic E-state index is 11.7. The fraction of sp³-hybridized carbons (Fsp3) is 0.667. The molecule has 188 valence electrons. The van der Waals surface area contributed by atoms with Gasteiger partial charge in [-0.3, -0.25) is 14.6 Å². The molecule has 0 aliphatic carbocycles. The Hall–Kier alpha value is -2.07. The van der Waals surface area contributed by atoms with Gasteiger partial charge in [0.25, 0.3) is 0 Å². The second kappa shape index (κ2) is 20.5. The van der Waals surface area contributed by atoms with Gasteiger partial charge in [0.2, 0.25) is 0 Å². The molecule has 3 N–H and O–H groups in total. The Balaban J connectivity index is 0. The molecule has 2 unspecified atom stereocenters. The van der Waals surface area contributed by atoms with Crippen molar-refractivity contribution in [1.82, 2.24) is 10.3 Å². The van der Waals surface area contributed by atoms with Crippen molar-refractivity contribution in [2.45, 2.75) is 92.5 Å². The van der Waals surface area contributed by atoms with Crippen LogP contribution >= 0.6 is 0 Å². The van der Waals surface area contributed by atoms with Crippen molar-refractivity contribution in [2.24, 2.45) is 5.92 Å². The minimum absolute atomic E-state index is 0. The number of aromatic nitrogens is 1. The molecule has 1 aromatic rings. The highest BCUT2D eigenvalue weighted by atomic mass is 16.3. The van der Waals surface area contributed by atoms with Gasteiger partial charge in [0, 0.05) is 44.2 Å². The third-order valence-corrected chi connectivity index (χ3v) is 5.20. The van der Waals surface area contributed by atoms with Gasteiger partial charge in [0.15, 0.2) is 5.78 Å². The molecule has 0 saturated carbocycles. The number of carbonyl (C=O) groups is 2. The van der Waals surface area contributed by atoms with Crippen molar-refractivity contribution in [3.63, 3.8) is 0 Å². The molecule has 2 heterocycles. The number of aliphatic hydroxyl groups is 2. The van der Waals surface area contributed by atoms with E-state index in [0.717, 1.165) is 30.9 Å². The van der Waals surface area contributed by atoms with Crippen molar-refractivity contribution >= 4 is 11.6 Å². The second-order valence-electron chi connectivity index (χ2n) is 7.81. The van der Waals surface area contributed by atoms with E-state index in [1.54, 1.807) is 18.3 Å². The molecular weight excluding hydrogens is 416 g/mol. The molecule has 6 heteroatoms. The van der Waals surface area contributed by atoms with Gasteiger partial charge in [-0.15, -0.1) is 0 Å². The molecule has 1 aliphatic heterocycles. The summed E-state index contributed by atoms with van der Waals surface area (Å²) in [6, 6.07) is 3.54. The Morgan fingerprint density at radius 1 is 1.15 bits per heavy atom. The quantitative estimate of drug-likeness (QED) is 0.348. The summed E-state index contributed by atoms with van der Waals surface area (Å²) < 4.78 is 0. The number of Topliss-reactive ketones (excluding diaryl/α,β-unsaturated/α-hetero) is 2. The predicted octanol–water partition coefficient (Wildman–Crippen LogP) is 4.57. The SMILES string of the molecule is C.C.CCC#Cc1ccnc(C(=O)CCCO)c1.CCCC1CCNC(C(=O)CCCO)C1. The normalized spacial score (nSPS) is 16.6. The first-order valence-electron chi connectivity index (χ1n) is 11.5. The summed E-state index contributed by atoms with van der Waals surface area (Å²) in [6.07, 6.45) is 8.97. The Labute approximate surface area is 201 Å². The number of nitrogens with one attached hydrogen (secondary N) is 1. The molecule has 1 aliphatic rings. The maximum Gasteiger partial charge on any atom is 0.181 e. The highest BCUT2D eigenvalue weighted by Gasteiger charge is 2.25. The molecule has 2 rings (SSSR count). The van der Waals surface area contributed by atoms with E-state index in [9.17, 15) is 9.59 Å². The molecular formula is C27H46N2O4. The van der Waals surface area contributed by atoms with Crippen LogP contribution in [-0.2, 0) is 4.79 Å². The van der Waals surface area contributed by atoms with Crippen LogP contribution in [0.4, 0.5) is 0 Å². The monoisotopic (exact) mass is 462 g/mol. The number of aliphatic hydroxyl groups excluding tert-OH is 2. The van der Waals surface area contributed by atoms with Crippen LogP contribution in [0.1, 0.15) is 103 Å². The molecule has 0 bridgehead atoms. The van der Waals surface area contributed by atoms with E-state index in [4.69, 9.17) is 10.2 Å². The molecule has 1 fully saturated rings. The first-order chi connectivity index (χ1) is 15.0. The minimum atomic E-state index is -0.0470. The van der Waals surface area contributed by atoms with Gasteiger partial charge in [0.05, 0.1) is 6.04 Å². The number of carbonyl (C=O) groups excluding carboxylic acids is 2. The molecule has 0 amide bonds. The van der Waals surface area contributed by atoms with Gasteiger partial charge in [0.1, 0.15) is 11.5 Å². The zero-order chi connectivity index (χ0) is 22.9. The largest absolute Gasteiger partial charge is 0.396 e. The molecule has 0 aromatic carbocycles. The average molecular weight is 463 g/mol. The molecule has 33 heavy (non-hydrogen) atoms. The topological polar surface area (TPSA) is 99.5 Å². The summed E-state index contributed by atoms with van der Waals surface area (Å²) in [7, 11) is 0. The van der Waals surface area contributed by atoms with Crippen molar-refractivity contribution in [3.05, 3.63) is 29.6 Å². The van der Waals surface area contributed by atoms with Gasteiger partial charge in [-0.1, -0.05) is 53.4 Å². The van der Waals surface area contributed by atoms with Gasteiger partial charge >= 0.3 is 0 Å². The van der Waals surface area contributed by atoms with Crippen LogP contribution in [0.2, 0.25) is 0 Å².